The van der Waals surface area contributed by atoms with Gasteiger partial charge in [0.1, 0.15) is 5.17 Å². The molecule has 1 aromatic heterocycles. The van der Waals surface area contributed by atoms with Gasteiger partial charge in [-0.3, -0.25) is 10.1 Å². The Morgan fingerprint density at radius 1 is 1.56 bits per heavy atom. The highest BCUT2D eigenvalue weighted by Crippen LogP contribution is 2.18. The van der Waals surface area contributed by atoms with E-state index >= 15 is 0 Å². The average Bonchev–Trinajstić information content (AvgIpc) is 2.81. The number of nitrogens with zero attached hydrogens (tertiary/aromatic N) is 1. The molecule has 2 aromatic rings. The van der Waals surface area contributed by atoms with E-state index in [9.17, 15) is 4.21 Å². The van der Waals surface area contributed by atoms with E-state index in [1.807, 2.05) is 12.3 Å². The lowest BCUT2D eigenvalue weighted by atomic mass is 10.1. The van der Waals surface area contributed by atoms with Crippen molar-refractivity contribution in [3.63, 3.8) is 0 Å². The van der Waals surface area contributed by atoms with Crippen LogP contribution in [0.3, 0.4) is 0 Å². The molecule has 0 saturated heterocycles. The lowest BCUT2D eigenvalue weighted by Gasteiger charge is -2.06. The molecule has 0 fully saturated rings. The maximum absolute atomic E-state index is 12.0. The van der Waals surface area contributed by atoms with Crippen LogP contribution in [0.25, 0.3) is 0 Å². The van der Waals surface area contributed by atoms with Crippen LogP contribution in [0.1, 0.15) is 11.1 Å². The molecule has 1 heterocycles. The molecule has 4 nitrogen and oxygen atoms in total. The molecular weight excluding hydrogens is 290 g/mol. The fourth-order valence-electron chi connectivity index (χ4n) is 1.41. The second kappa shape index (κ2) is 5.60. The lowest BCUT2D eigenvalue weighted by molar-refractivity contribution is 0.686. The smallest absolute Gasteiger partial charge is 0.194 e. The van der Waals surface area contributed by atoms with Crippen molar-refractivity contribution in [1.82, 2.24) is 4.98 Å². The number of aryl methyl sites for hydroxylation is 1. The highest BCUT2D eigenvalue weighted by atomic mass is 35.5. The first-order valence-electron chi connectivity index (χ1n) is 5.01. The summed E-state index contributed by atoms with van der Waals surface area (Å²) in [4.78, 5) is 4.64. The van der Waals surface area contributed by atoms with Gasteiger partial charge in [0, 0.05) is 17.1 Å². The summed E-state index contributed by atoms with van der Waals surface area (Å²) in [7, 11) is -1.36. The molecule has 0 amide bonds. The van der Waals surface area contributed by atoms with Crippen LogP contribution >= 0.6 is 22.9 Å². The van der Waals surface area contributed by atoms with Gasteiger partial charge in [-0.1, -0.05) is 17.7 Å². The number of rotatable bonds is 4. The molecule has 0 aliphatic heterocycles. The van der Waals surface area contributed by atoms with Crippen LogP contribution in [-0.2, 0) is 11.0 Å². The van der Waals surface area contributed by atoms with Gasteiger partial charge >= 0.3 is 0 Å². The SMILES string of the molecule is Cc1cc(S(=O)Nc2nccs2)ccc1C(=N)Cl. The second-order valence-electron chi connectivity index (χ2n) is 3.50. The summed E-state index contributed by atoms with van der Waals surface area (Å²) >= 11 is 7.03. The first-order valence-corrected chi connectivity index (χ1v) is 7.41. The normalized spacial score (nSPS) is 12.1. The van der Waals surface area contributed by atoms with Crippen molar-refractivity contribution in [2.75, 3.05) is 4.72 Å². The molecule has 0 spiro atoms. The van der Waals surface area contributed by atoms with E-state index in [4.69, 9.17) is 17.0 Å². The number of anilines is 1. The molecule has 1 atom stereocenters. The molecule has 1 aromatic carbocycles. The average molecular weight is 300 g/mol. The van der Waals surface area contributed by atoms with Gasteiger partial charge in [0.05, 0.1) is 4.90 Å². The first-order chi connectivity index (χ1) is 8.58. The van der Waals surface area contributed by atoms with Crippen LogP contribution in [0.2, 0.25) is 0 Å². The van der Waals surface area contributed by atoms with Crippen LogP contribution in [0.15, 0.2) is 34.7 Å². The van der Waals surface area contributed by atoms with Crippen molar-refractivity contribution in [2.24, 2.45) is 0 Å². The molecule has 0 aliphatic carbocycles. The molecule has 0 radical (unpaired) electrons. The van der Waals surface area contributed by atoms with Gasteiger partial charge in [0.15, 0.2) is 16.1 Å². The predicted octanol–water partition coefficient (Wildman–Crippen LogP) is 3.15. The van der Waals surface area contributed by atoms with Gasteiger partial charge < -0.3 is 0 Å². The molecule has 94 valence electrons. The number of hydrogen-bond donors (Lipinski definition) is 2. The van der Waals surface area contributed by atoms with E-state index in [1.165, 1.54) is 11.3 Å². The first kappa shape index (κ1) is 13.2. The highest BCUT2D eigenvalue weighted by molar-refractivity contribution is 7.86. The van der Waals surface area contributed by atoms with Gasteiger partial charge in [-0.05, 0) is 24.6 Å². The molecule has 1 unspecified atom stereocenters. The van der Waals surface area contributed by atoms with E-state index in [0.717, 1.165) is 5.56 Å². The van der Waals surface area contributed by atoms with Crippen LogP contribution in [0.5, 0.6) is 0 Å². The van der Waals surface area contributed by atoms with Crippen LogP contribution < -0.4 is 4.72 Å². The zero-order valence-corrected chi connectivity index (χ0v) is 11.8. The van der Waals surface area contributed by atoms with Gasteiger partial charge in [0.25, 0.3) is 0 Å². The molecular formula is C11H10ClN3OS2. The van der Waals surface area contributed by atoms with Crippen molar-refractivity contribution in [1.29, 1.82) is 5.41 Å². The Bertz CT molecular complexity index is 598. The fraction of sp³-hybridized carbons (Fsp3) is 0.0909. The molecule has 0 saturated carbocycles. The summed E-state index contributed by atoms with van der Waals surface area (Å²) in [6.07, 6.45) is 1.65. The molecule has 7 heteroatoms. The number of aromatic nitrogens is 1. The van der Waals surface area contributed by atoms with Crippen molar-refractivity contribution in [3.8, 4) is 0 Å². The van der Waals surface area contributed by atoms with Crippen LogP contribution in [0.4, 0.5) is 5.13 Å². The Kier molecular flexibility index (Phi) is 4.11. The summed E-state index contributed by atoms with van der Waals surface area (Å²) in [5, 5.41) is 9.78. The minimum atomic E-state index is -1.36. The van der Waals surface area contributed by atoms with E-state index in [1.54, 1.807) is 24.4 Å². The summed E-state index contributed by atoms with van der Waals surface area (Å²) in [6, 6.07) is 5.14. The van der Waals surface area contributed by atoms with Crippen molar-refractivity contribution < 1.29 is 4.21 Å². The Morgan fingerprint density at radius 2 is 2.33 bits per heavy atom. The van der Waals surface area contributed by atoms with Gasteiger partial charge in [0.2, 0.25) is 0 Å². The Hall–Kier alpha value is -1.24. The van der Waals surface area contributed by atoms with E-state index < -0.39 is 11.0 Å². The number of benzene rings is 1. The molecule has 0 bridgehead atoms. The maximum atomic E-state index is 12.0. The molecule has 2 N–H and O–H groups in total. The van der Waals surface area contributed by atoms with Crippen molar-refractivity contribution in [2.45, 2.75) is 11.8 Å². The minimum absolute atomic E-state index is 0.0160. The summed E-state index contributed by atoms with van der Waals surface area (Å²) in [6.45, 7) is 1.83. The number of halogens is 1. The molecule has 18 heavy (non-hydrogen) atoms. The van der Waals surface area contributed by atoms with Crippen LogP contribution in [-0.4, -0.2) is 14.4 Å². The number of hydrogen-bond acceptors (Lipinski definition) is 4. The summed E-state index contributed by atoms with van der Waals surface area (Å²) in [5.41, 5.74) is 1.47. The van der Waals surface area contributed by atoms with E-state index in [-0.39, 0.29) is 5.17 Å². The third-order valence-electron chi connectivity index (χ3n) is 2.26. The number of nitrogens with one attached hydrogen (secondary N) is 2. The van der Waals surface area contributed by atoms with Crippen molar-refractivity contribution >= 4 is 44.2 Å². The Morgan fingerprint density at radius 3 is 2.89 bits per heavy atom. The summed E-state index contributed by atoms with van der Waals surface area (Å²) < 4.78 is 14.8. The minimum Gasteiger partial charge on any atom is -0.289 e. The quantitative estimate of drug-likeness (QED) is 0.852. The Balaban J connectivity index is 2.21. The number of thiazole rings is 1. The zero-order chi connectivity index (χ0) is 13.1. The third-order valence-corrected chi connectivity index (χ3v) is 4.34. The highest BCUT2D eigenvalue weighted by Gasteiger charge is 2.09. The van der Waals surface area contributed by atoms with E-state index in [0.29, 0.717) is 15.6 Å². The maximum Gasteiger partial charge on any atom is 0.194 e. The summed E-state index contributed by atoms with van der Waals surface area (Å²) in [5.74, 6) is 0. The van der Waals surface area contributed by atoms with Gasteiger partial charge in [-0.2, -0.15) is 0 Å². The molecule has 0 aliphatic rings. The second-order valence-corrected chi connectivity index (χ2v) is 5.98. The largest absolute Gasteiger partial charge is 0.289 e. The topological polar surface area (TPSA) is 65.8 Å². The van der Waals surface area contributed by atoms with Gasteiger partial charge in [-0.25, -0.2) is 9.19 Å². The predicted molar refractivity (Wildman–Crippen MR) is 76.0 cm³/mol. The monoisotopic (exact) mass is 299 g/mol. The Labute approximate surface area is 116 Å². The van der Waals surface area contributed by atoms with E-state index in [2.05, 4.69) is 9.71 Å². The standard InChI is InChI=1S/C11H10ClN3OS2/c1-7-6-8(2-3-9(7)10(12)13)18(16)15-11-14-4-5-17-11/h2-6,13H,1H3,(H,14,15). The molecule has 2 rings (SSSR count). The van der Waals surface area contributed by atoms with Crippen molar-refractivity contribution in [3.05, 3.63) is 40.9 Å². The fourth-order valence-corrected chi connectivity index (χ4v) is 3.22. The zero-order valence-electron chi connectivity index (χ0n) is 9.44. The van der Waals surface area contributed by atoms with Crippen LogP contribution in [0, 0.1) is 12.3 Å². The third kappa shape index (κ3) is 2.95. The van der Waals surface area contributed by atoms with Gasteiger partial charge in [-0.15, -0.1) is 11.3 Å². The lowest BCUT2D eigenvalue weighted by Crippen LogP contribution is -2.05.